The van der Waals surface area contributed by atoms with Crippen LogP contribution in [0.5, 0.6) is 6.01 Å². The fourth-order valence-electron chi connectivity index (χ4n) is 6.41. The summed E-state index contributed by atoms with van der Waals surface area (Å²) in [6, 6.07) is 10.5. The first-order chi connectivity index (χ1) is 27.8. The second-order valence-electron chi connectivity index (χ2n) is 15.9. The lowest BCUT2D eigenvalue weighted by Crippen LogP contribution is -2.51. The number of aliphatic carboxylic acids is 1. The van der Waals surface area contributed by atoms with Gasteiger partial charge in [-0.2, -0.15) is 28.1 Å². The Hall–Kier alpha value is -5.72. The van der Waals surface area contributed by atoms with E-state index in [1.54, 1.807) is 12.1 Å². The number of halogens is 4. The van der Waals surface area contributed by atoms with Crippen LogP contribution in [0.3, 0.4) is 0 Å². The molecule has 0 radical (unpaired) electrons. The molecule has 1 aromatic heterocycles. The molecule has 3 aromatic rings. The normalized spacial score (nSPS) is 17.7. The van der Waals surface area contributed by atoms with Crippen molar-refractivity contribution in [2.45, 2.75) is 89.5 Å². The van der Waals surface area contributed by atoms with Crippen molar-refractivity contribution in [1.29, 1.82) is 0 Å². The smallest absolute Gasteiger partial charge is 0.422 e. The molecule has 4 amide bonds. The number of carboxylic acids is 1. The second-order valence-corrected chi connectivity index (χ2v) is 16.3. The maximum atomic E-state index is 13.0. The predicted octanol–water partition coefficient (Wildman–Crippen LogP) is 4.84. The SMILES string of the molecule is CC(C)(C)CC(=O)N[C@H]1CC[C@@H](CNC(=O)C(=O)NC[C@H](NC(=O)c2ccc(Nc3nc(NC4(c5ccc(Cl)cc5)CC4)nc(OCC(F)(F)F)n3)cc2)C(=O)O)CC1. The Kier molecular flexibility index (Phi) is 14.2. The Morgan fingerprint density at radius 1 is 0.881 bits per heavy atom. The zero-order valence-electron chi connectivity index (χ0n) is 32.7. The van der Waals surface area contributed by atoms with Crippen molar-refractivity contribution in [2.75, 3.05) is 30.3 Å². The van der Waals surface area contributed by atoms with Gasteiger partial charge in [0.2, 0.25) is 17.8 Å². The monoisotopic (exact) mass is 845 g/mol. The van der Waals surface area contributed by atoms with Gasteiger partial charge in [0.05, 0.1) is 5.54 Å². The van der Waals surface area contributed by atoms with Crippen LogP contribution in [0.15, 0.2) is 48.5 Å². The average Bonchev–Trinajstić information content (AvgIpc) is 3.94. The number of carbonyl (C=O) groups is 5. The van der Waals surface area contributed by atoms with Crippen LogP contribution >= 0.6 is 11.6 Å². The third-order valence-corrected chi connectivity index (χ3v) is 9.86. The van der Waals surface area contributed by atoms with Gasteiger partial charge >= 0.3 is 30.0 Å². The highest BCUT2D eigenvalue weighted by Gasteiger charge is 2.45. The van der Waals surface area contributed by atoms with Crippen molar-refractivity contribution >= 4 is 58.8 Å². The minimum Gasteiger partial charge on any atom is -0.480 e. The molecule has 2 aromatic carbocycles. The molecule has 2 aliphatic rings. The molecule has 0 bridgehead atoms. The van der Waals surface area contributed by atoms with E-state index < -0.39 is 60.6 Å². The molecule has 0 unspecified atom stereocenters. The Morgan fingerprint density at radius 3 is 2.10 bits per heavy atom. The standard InChI is InChI=1S/C39H47ClF3N9O7/c1-37(2,3)18-29(53)46-26-12-4-22(5-13-26)19-44-31(55)32(56)45-20-28(33(57)58)48-30(54)23-6-14-27(15-7-23)47-34-49-35(51-36(50-34)59-21-39(41,42)43)52-38(16-17-38)24-8-10-25(40)11-9-24/h6-11,14-15,22,26,28H,4-5,12-13,16-21H2,1-3H3,(H,44,55)(H,45,56)(H,46,53)(H,48,54)(H,57,58)(H2,47,49,50,51,52)/t22-,26+,28-/m0/s1. The highest BCUT2D eigenvalue weighted by molar-refractivity contribution is 6.35. The molecule has 0 saturated heterocycles. The second kappa shape index (κ2) is 18.9. The molecule has 59 heavy (non-hydrogen) atoms. The van der Waals surface area contributed by atoms with Crippen LogP contribution in [0.4, 0.5) is 30.8 Å². The van der Waals surface area contributed by atoms with E-state index in [-0.39, 0.29) is 47.3 Å². The largest absolute Gasteiger partial charge is 0.480 e. The molecule has 16 nitrogen and oxygen atoms in total. The molecular weight excluding hydrogens is 799 g/mol. The number of carboxylic acid groups (broad SMARTS) is 1. The van der Waals surface area contributed by atoms with Gasteiger partial charge in [-0.15, -0.1) is 0 Å². The maximum absolute atomic E-state index is 13.0. The van der Waals surface area contributed by atoms with E-state index in [9.17, 15) is 42.3 Å². The van der Waals surface area contributed by atoms with Crippen LogP contribution in [0, 0.1) is 11.3 Å². The molecule has 2 fully saturated rings. The summed E-state index contributed by atoms with van der Waals surface area (Å²) in [7, 11) is 0. The zero-order valence-corrected chi connectivity index (χ0v) is 33.4. The lowest BCUT2D eigenvalue weighted by molar-refractivity contribution is -0.154. The summed E-state index contributed by atoms with van der Waals surface area (Å²) in [6.45, 7) is 4.00. The van der Waals surface area contributed by atoms with E-state index in [2.05, 4.69) is 46.9 Å². The third kappa shape index (κ3) is 14.0. The van der Waals surface area contributed by atoms with Crippen LogP contribution in [-0.2, 0) is 24.7 Å². The number of hydrogen-bond acceptors (Lipinski definition) is 11. The molecule has 7 N–H and O–H groups in total. The van der Waals surface area contributed by atoms with Crippen molar-refractivity contribution < 1.29 is 47.0 Å². The summed E-state index contributed by atoms with van der Waals surface area (Å²) in [4.78, 5) is 74.4. The van der Waals surface area contributed by atoms with E-state index >= 15 is 0 Å². The quantitative estimate of drug-likeness (QED) is 0.0963. The minimum absolute atomic E-state index is 0.00469. The van der Waals surface area contributed by atoms with Crippen molar-refractivity contribution in [2.24, 2.45) is 11.3 Å². The number of hydrogen-bond donors (Lipinski definition) is 7. The number of aromatic nitrogens is 3. The summed E-state index contributed by atoms with van der Waals surface area (Å²) >= 11 is 6.03. The summed E-state index contributed by atoms with van der Waals surface area (Å²) in [5.74, 6) is -4.39. The number of nitrogens with zero attached hydrogens (tertiary/aromatic N) is 3. The molecule has 1 atom stereocenters. The first-order valence-electron chi connectivity index (χ1n) is 19.0. The number of ether oxygens (including phenoxy) is 1. The van der Waals surface area contributed by atoms with Gasteiger partial charge in [-0.05, 0) is 91.8 Å². The first kappa shape index (κ1) is 44.4. The zero-order chi connectivity index (χ0) is 43.0. The van der Waals surface area contributed by atoms with Gasteiger partial charge in [0.15, 0.2) is 6.61 Å². The van der Waals surface area contributed by atoms with Gasteiger partial charge in [0.25, 0.3) is 5.91 Å². The molecule has 0 aliphatic heterocycles. The van der Waals surface area contributed by atoms with Gasteiger partial charge in [-0.25, -0.2) is 4.79 Å². The summed E-state index contributed by atoms with van der Waals surface area (Å²) < 4.78 is 43.7. The van der Waals surface area contributed by atoms with Crippen LogP contribution < -0.4 is 36.6 Å². The van der Waals surface area contributed by atoms with E-state index in [0.717, 1.165) is 31.2 Å². The molecule has 20 heteroatoms. The maximum Gasteiger partial charge on any atom is 0.422 e. The summed E-state index contributed by atoms with van der Waals surface area (Å²) in [5, 5.41) is 26.4. The number of nitrogens with one attached hydrogen (secondary N) is 6. The van der Waals surface area contributed by atoms with Gasteiger partial charge in [0, 0.05) is 41.8 Å². The summed E-state index contributed by atoms with van der Waals surface area (Å²) in [5.41, 5.74) is 0.525. The number of amides is 4. The predicted molar refractivity (Wildman–Crippen MR) is 210 cm³/mol. The Labute approximate surface area is 343 Å². The molecular formula is C39H47ClF3N9O7. The molecule has 2 aliphatic carbocycles. The van der Waals surface area contributed by atoms with Crippen molar-refractivity contribution in [3.05, 3.63) is 64.7 Å². The van der Waals surface area contributed by atoms with Crippen LogP contribution in [0.2, 0.25) is 5.02 Å². The number of rotatable bonds is 16. The minimum atomic E-state index is -4.65. The van der Waals surface area contributed by atoms with Gasteiger partial charge in [-0.3, -0.25) is 19.2 Å². The lowest BCUT2D eigenvalue weighted by Gasteiger charge is -2.30. The van der Waals surface area contributed by atoms with E-state index in [4.69, 9.17) is 16.3 Å². The Balaban J connectivity index is 1.11. The Morgan fingerprint density at radius 2 is 1.51 bits per heavy atom. The van der Waals surface area contributed by atoms with E-state index in [1.165, 1.54) is 24.3 Å². The Bertz CT molecular complexity index is 1990. The van der Waals surface area contributed by atoms with Crippen LogP contribution in [0.1, 0.15) is 81.6 Å². The van der Waals surface area contributed by atoms with Crippen molar-refractivity contribution in [3.63, 3.8) is 0 Å². The fourth-order valence-corrected chi connectivity index (χ4v) is 6.54. The molecule has 2 saturated carbocycles. The highest BCUT2D eigenvalue weighted by atomic mass is 35.5. The van der Waals surface area contributed by atoms with Gasteiger partial charge < -0.3 is 41.7 Å². The molecule has 318 valence electrons. The number of benzene rings is 2. The fraction of sp³-hybridized carbons (Fsp3) is 0.487. The molecule has 1 heterocycles. The van der Waals surface area contributed by atoms with E-state index in [0.29, 0.717) is 30.0 Å². The van der Waals surface area contributed by atoms with Crippen molar-refractivity contribution in [1.82, 2.24) is 36.2 Å². The highest BCUT2D eigenvalue weighted by Crippen LogP contribution is 2.48. The topological polar surface area (TPSA) is 226 Å². The first-order valence-corrected chi connectivity index (χ1v) is 19.4. The molecule has 5 rings (SSSR count). The lowest BCUT2D eigenvalue weighted by atomic mass is 9.85. The van der Waals surface area contributed by atoms with Crippen molar-refractivity contribution in [3.8, 4) is 6.01 Å². The summed E-state index contributed by atoms with van der Waals surface area (Å²) in [6.07, 6.45) is 0.146. The number of alkyl halides is 3. The van der Waals surface area contributed by atoms with Gasteiger partial charge in [0.1, 0.15) is 6.04 Å². The van der Waals surface area contributed by atoms with Gasteiger partial charge in [-0.1, -0.05) is 44.5 Å². The van der Waals surface area contributed by atoms with Crippen LogP contribution in [-0.4, -0.2) is 87.6 Å². The average molecular weight is 846 g/mol. The number of anilines is 3. The number of carbonyl (C=O) groups excluding carboxylic acids is 4. The van der Waals surface area contributed by atoms with E-state index in [1.807, 2.05) is 32.9 Å². The third-order valence-electron chi connectivity index (χ3n) is 9.61. The van der Waals surface area contributed by atoms with Crippen LogP contribution in [0.25, 0.3) is 0 Å². The molecule has 0 spiro atoms.